The Bertz CT molecular complexity index is 537. The molecule has 0 aromatic heterocycles. The lowest BCUT2D eigenvalue weighted by Gasteiger charge is -2.32. The summed E-state index contributed by atoms with van der Waals surface area (Å²) in [7, 11) is 1.55. The van der Waals surface area contributed by atoms with Crippen LogP contribution >= 0.6 is 12.4 Å². The van der Waals surface area contributed by atoms with E-state index in [1.54, 1.807) is 7.11 Å². The zero-order valence-corrected chi connectivity index (χ0v) is 15.3. The molecule has 0 unspecified atom stereocenters. The third kappa shape index (κ3) is 4.75. The van der Waals surface area contributed by atoms with Gasteiger partial charge in [0.2, 0.25) is 12.7 Å². The number of methoxy groups -OCH3 is 1. The van der Waals surface area contributed by atoms with Gasteiger partial charge in [-0.25, -0.2) is 0 Å². The van der Waals surface area contributed by atoms with E-state index in [0.29, 0.717) is 6.54 Å². The number of hydrogen-bond donors (Lipinski definition) is 1. The molecule has 0 aliphatic carbocycles. The van der Waals surface area contributed by atoms with Gasteiger partial charge in [0.15, 0.2) is 11.5 Å². The van der Waals surface area contributed by atoms with Gasteiger partial charge in [-0.1, -0.05) is 19.9 Å². The second kappa shape index (κ2) is 9.71. The third-order valence-corrected chi connectivity index (χ3v) is 4.12. The number of fused-ring (bicyclic) bond motifs is 1. The average molecular weight is 359 g/mol. The molecule has 7 heteroatoms. The maximum absolute atomic E-state index is 12.7. The standard InChI is InChI=1S/C17H26N2O4.ClH/c1-4-13(5-2)19(17(20)14(18)10-21-3)9-12-6-7-15-16(8-12)23-11-22-15;/h6-8,13-14H,4-5,9-11,18H2,1-3H3;1H/t14-;/m0./s1. The highest BCUT2D eigenvalue weighted by atomic mass is 35.5. The Morgan fingerprint density at radius 2 is 1.96 bits per heavy atom. The molecule has 6 nitrogen and oxygen atoms in total. The van der Waals surface area contributed by atoms with Crippen molar-refractivity contribution in [3.05, 3.63) is 23.8 Å². The van der Waals surface area contributed by atoms with Crippen LogP contribution in [0.2, 0.25) is 0 Å². The number of carbonyl (C=O) groups excluding carboxylic acids is 1. The van der Waals surface area contributed by atoms with Crippen LogP contribution in [0.5, 0.6) is 11.5 Å². The lowest BCUT2D eigenvalue weighted by atomic mass is 10.1. The molecule has 0 saturated carbocycles. The van der Waals surface area contributed by atoms with Crippen LogP contribution in [-0.2, 0) is 16.1 Å². The van der Waals surface area contributed by atoms with E-state index in [1.165, 1.54) is 0 Å². The van der Waals surface area contributed by atoms with Crippen molar-refractivity contribution in [1.82, 2.24) is 4.90 Å². The van der Waals surface area contributed by atoms with Crippen molar-refractivity contribution in [3.63, 3.8) is 0 Å². The molecular formula is C17H27ClN2O4. The van der Waals surface area contributed by atoms with E-state index in [9.17, 15) is 4.79 Å². The Morgan fingerprint density at radius 1 is 1.29 bits per heavy atom. The largest absolute Gasteiger partial charge is 0.454 e. The number of nitrogens with two attached hydrogens (primary N) is 1. The SMILES string of the molecule is CCC(CC)N(Cc1ccc2c(c1)OCO2)C(=O)[C@@H](N)COC.Cl. The van der Waals surface area contributed by atoms with Crippen molar-refractivity contribution in [2.45, 2.75) is 45.3 Å². The molecule has 1 aromatic carbocycles. The Kier molecular flexibility index (Phi) is 8.31. The number of amides is 1. The van der Waals surface area contributed by atoms with Crippen molar-refractivity contribution < 1.29 is 19.0 Å². The van der Waals surface area contributed by atoms with Crippen LogP contribution < -0.4 is 15.2 Å². The molecule has 1 amide bonds. The van der Waals surface area contributed by atoms with Gasteiger partial charge in [-0.15, -0.1) is 12.4 Å². The first-order valence-corrected chi connectivity index (χ1v) is 8.04. The van der Waals surface area contributed by atoms with Gasteiger partial charge in [-0.3, -0.25) is 4.79 Å². The van der Waals surface area contributed by atoms with E-state index >= 15 is 0 Å². The average Bonchev–Trinajstić information content (AvgIpc) is 3.02. The Balaban J connectivity index is 0.00000288. The van der Waals surface area contributed by atoms with Crippen LogP contribution in [0.3, 0.4) is 0 Å². The minimum atomic E-state index is -0.644. The maximum atomic E-state index is 12.7. The van der Waals surface area contributed by atoms with Crippen LogP contribution in [0.15, 0.2) is 18.2 Å². The molecule has 0 saturated heterocycles. The summed E-state index contributed by atoms with van der Waals surface area (Å²) in [5.41, 5.74) is 6.96. The van der Waals surface area contributed by atoms with Gasteiger partial charge >= 0.3 is 0 Å². The molecular weight excluding hydrogens is 332 g/mol. The molecule has 1 heterocycles. The first kappa shape index (κ1) is 20.5. The molecule has 136 valence electrons. The summed E-state index contributed by atoms with van der Waals surface area (Å²) in [5.74, 6) is 1.38. The van der Waals surface area contributed by atoms with Crippen LogP contribution in [0.4, 0.5) is 0 Å². The van der Waals surface area contributed by atoms with Crippen molar-refractivity contribution >= 4 is 18.3 Å². The quantitative estimate of drug-likeness (QED) is 0.772. The molecule has 2 rings (SSSR count). The van der Waals surface area contributed by atoms with Gasteiger partial charge in [0.25, 0.3) is 0 Å². The van der Waals surface area contributed by atoms with Gasteiger partial charge in [-0.2, -0.15) is 0 Å². The zero-order valence-electron chi connectivity index (χ0n) is 14.5. The van der Waals surface area contributed by atoms with E-state index in [1.807, 2.05) is 23.1 Å². The molecule has 1 aliphatic heterocycles. The first-order valence-electron chi connectivity index (χ1n) is 8.04. The Morgan fingerprint density at radius 3 is 2.58 bits per heavy atom. The van der Waals surface area contributed by atoms with Gasteiger partial charge in [-0.05, 0) is 30.5 Å². The van der Waals surface area contributed by atoms with Crippen molar-refractivity contribution in [2.75, 3.05) is 20.5 Å². The minimum absolute atomic E-state index is 0. The monoisotopic (exact) mass is 358 g/mol. The summed E-state index contributed by atoms with van der Waals surface area (Å²) in [6, 6.07) is 5.26. The smallest absolute Gasteiger partial charge is 0.242 e. The minimum Gasteiger partial charge on any atom is -0.454 e. The van der Waals surface area contributed by atoms with E-state index in [4.69, 9.17) is 19.9 Å². The maximum Gasteiger partial charge on any atom is 0.242 e. The van der Waals surface area contributed by atoms with Gasteiger partial charge in [0, 0.05) is 19.7 Å². The van der Waals surface area contributed by atoms with Gasteiger partial charge in [0.1, 0.15) is 6.04 Å². The summed E-state index contributed by atoms with van der Waals surface area (Å²) < 4.78 is 15.8. The van der Waals surface area contributed by atoms with E-state index in [0.717, 1.165) is 29.9 Å². The molecule has 24 heavy (non-hydrogen) atoms. The van der Waals surface area contributed by atoms with Crippen LogP contribution in [-0.4, -0.2) is 43.4 Å². The van der Waals surface area contributed by atoms with Crippen LogP contribution in [0.25, 0.3) is 0 Å². The molecule has 2 N–H and O–H groups in total. The third-order valence-electron chi connectivity index (χ3n) is 4.12. The second-order valence-corrected chi connectivity index (χ2v) is 5.69. The molecule has 0 spiro atoms. The fourth-order valence-corrected chi connectivity index (χ4v) is 2.82. The second-order valence-electron chi connectivity index (χ2n) is 5.69. The Labute approximate surface area is 149 Å². The zero-order chi connectivity index (χ0) is 16.8. The molecule has 1 aliphatic rings. The number of carbonyl (C=O) groups is 1. The van der Waals surface area contributed by atoms with Crippen molar-refractivity contribution in [3.8, 4) is 11.5 Å². The lowest BCUT2D eigenvalue weighted by molar-refractivity contribution is -0.137. The molecule has 1 atom stereocenters. The highest BCUT2D eigenvalue weighted by molar-refractivity contribution is 5.85. The van der Waals surface area contributed by atoms with Crippen LogP contribution in [0.1, 0.15) is 32.3 Å². The van der Waals surface area contributed by atoms with E-state index in [-0.39, 0.29) is 37.8 Å². The summed E-state index contributed by atoms with van der Waals surface area (Å²) in [6.07, 6.45) is 1.76. The van der Waals surface area contributed by atoms with Crippen molar-refractivity contribution in [1.29, 1.82) is 0 Å². The number of rotatable bonds is 8. The summed E-state index contributed by atoms with van der Waals surface area (Å²) in [4.78, 5) is 14.5. The number of halogens is 1. The number of hydrogen-bond acceptors (Lipinski definition) is 5. The number of ether oxygens (including phenoxy) is 3. The highest BCUT2D eigenvalue weighted by Crippen LogP contribution is 2.33. The fourth-order valence-electron chi connectivity index (χ4n) is 2.82. The summed E-state index contributed by atoms with van der Waals surface area (Å²) in [6.45, 7) is 5.12. The summed E-state index contributed by atoms with van der Waals surface area (Å²) in [5, 5.41) is 0. The fraction of sp³-hybridized carbons (Fsp3) is 0.588. The Hall–Kier alpha value is -1.50. The van der Waals surface area contributed by atoms with Gasteiger partial charge < -0.3 is 24.8 Å². The van der Waals surface area contributed by atoms with Crippen LogP contribution in [0, 0.1) is 0 Å². The van der Waals surface area contributed by atoms with Crippen molar-refractivity contribution in [2.24, 2.45) is 5.73 Å². The normalized spacial score (nSPS) is 13.5. The lowest BCUT2D eigenvalue weighted by Crippen LogP contribution is -2.49. The predicted molar refractivity (Wildman–Crippen MR) is 94.6 cm³/mol. The van der Waals surface area contributed by atoms with Gasteiger partial charge in [0.05, 0.1) is 6.61 Å². The highest BCUT2D eigenvalue weighted by Gasteiger charge is 2.26. The molecule has 0 fully saturated rings. The molecule has 1 aromatic rings. The first-order chi connectivity index (χ1) is 11.1. The summed E-state index contributed by atoms with van der Waals surface area (Å²) >= 11 is 0. The molecule has 0 radical (unpaired) electrons. The predicted octanol–water partition coefficient (Wildman–Crippen LogP) is 2.33. The topological polar surface area (TPSA) is 74.0 Å². The van der Waals surface area contributed by atoms with E-state index < -0.39 is 6.04 Å². The number of nitrogens with zero attached hydrogens (tertiary/aromatic N) is 1. The number of benzene rings is 1. The van der Waals surface area contributed by atoms with E-state index in [2.05, 4.69) is 13.8 Å². The molecule has 0 bridgehead atoms.